The molecule has 5 nitrogen and oxygen atoms in total. The highest BCUT2D eigenvalue weighted by atomic mass is 19.1. The average Bonchev–Trinajstić information content (AvgIpc) is 2.35. The highest BCUT2D eigenvalue weighted by Crippen LogP contribution is 2.17. The molecule has 0 radical (unpaired) electrons. The van der Waals surface area contributed by atoms with Crippen molar-refractivity contribution in [1.82, 2.24) is 10.6 Å². The second-order valence-electron chi connectivity index (χ2n) is 4.15. The summed E-state index contributed by atoms with van der Waals surface area (Å²) in [6.07, 6.45) is 0.797. The van der Waals surface area contributed by atoms with E-state index in [0.29, 0.717) is 6.54 Å². The Bertz CT molecular complexity index is 477. The lowest BCUT2D eigenvalue weighted by atomic mass is 10.1. The second kappa shape index (κ2) is 6.72. The summed E-state index contributed by atoms with van der Waals surface area (Å²) in [5.41, 5.74) is -0.0726. The smallest absolute Gasteiger partial charge is 0.255 e. The second-order valence-corrected chi connectivity index (χ2v) is 4.15. The van der Waals surface area contributed by atoms with Gasteiger partial charge in [0, 0.05) is 12.6 Å². The summed E-state index contributed by atoms with van der Waals surface area (Å²) in [6, 6.07) is 2.34. The number of carbonyl (C=O) groups excluding carboxylic acids is 2. The van der Waals surface area contributed by atoms with Crippen LogP contribution < -0.4 is 10.6 Å². The van der Waals surface area contributed by atoms with E-state index in [1.165, 1.54) is 6.92 Å². The minimum absolute atomic E-state index is 0.0726. The molecule has 0 bridgehead atoms. The summed E-state index contributed by atoms with van der Waals surface area (Å²) < 4.78 is 12.8. The zero-order valence-electron chi connectivity index (χ0n) is 10.9. The number of phenols is 1. The van der Waals surface area contributed by atoms with Gasteiger partial charge >= 0.3 is 0 Å². The molecule has 0 spiro atoms. The fraction of sp³-hybridized carbons (Fsp3) is 0.385. The number of nitrogens with one attached hydrogen (secondary N) is 2. The van der Waals surface area contributed by atoms with Gasteiger partial charge in [-0.25, -0.2) is 4.39 Å². The van der Waals surface area contributed by atoms with E-state index >= 15 is 0 Å². The first-order valence-electron chi connectivity index (χ1n) is 6.02. The first-order valence-corrected chi connectivity index (χ1v) is 6.02. The Kier molecular flexibility index (Phi) is 5.29. The monoisotopic (exact) mass is 268 g/mol. The Morgan fingerprint density at radius 2 is 2.11 bits per heavy atom. The van der Waals surface area contributed by atoms with Crippen LogP contribution in [0, 0.1) is 5.82 Å². The van der Waals surface area contributed by atoms with Crippen LogP contribution in [0.4, 0.5) is 4.39 Å². The first-order chi connectivity index (χ1) is 8.95. The fourth-order valence-corrected chi connectivity index (χ4v) is 1.44. The van der Waals surface area contributed by atoms with E-state index in [9.17, 15) is 19.1 Å². The van der Waals surface area contributed by atoms with Crippen LogP contribution in [-0.4, -0.2) is 29.5 Å². The average molecular weight is 268 g/mol. The number of aromatic hydroxyl groups is 1. The Balaban J connectivity index is 2.66. The third kappa shape index (κ3) is 4.24. The molecule has 0 saturated heterocycles. The van der Waals surface area contributed by atoms with Crippen LogP contribution in [0.5, 0.6) is 5.75 Å². The molecule has 0 aliphatic carbocycles. The van der Waals surface area contributed by atoms with Crippen molar-refractivity contribution in [1.29, 1.82) is 0 Å². The predicted molar refractivity (Wildman–Crippen MR) is 68.3 cm³/mol. The van der Waals surface area contributed by atoms with E-state index in [4.69, 9.17) is 0 Å². The summed E-state index contributed by atoms with van der Waals surface area (Å²) in [4.78, 5) is 23.4. The van der Waals surface area contributed by atoms with Gasteiger partial charge in [-0.2, -0.15) is 0 Å². The topological polar surface area (TPSA) is 78.4 Å². The van der Waals surface area contributed by atoms with Crippen LogP contribution >= 0.6 is 0 Å². The summed E-state index contributed by atoms with van der Waals surface area (Å²) in [6.45, 7) is 3.98. The van der Waals surface area contributed by atoms with Crippen molar-refractivity contribution < 1.29 is 19.1 Å². The Morgan fingerprint density at radius 1 is 1.42 bits per heavy atom. The Morgan fingerprint density at radius 3 is 2.68 bits per heavy atom. The molecule has 19 heavy (non-hydrogen) atoms. The number of hydrogen-bond donors (Lipinski definition) is 3. The summed E-state index contributed by atoms with van der Waals surface area (Å²) in [7, 11) is 0. The van der Waals surface area contributed by atoms with Gasteiger partial charge in [-0.05, 0) is 25.5 Å². The molecular formula is C13H17FN2O3. The van der Waals surface area contributed by atoms with E-state index in [0.717, 1.165) is 24.6 Å². The van der Waals surface area contributed by atoms with Gasteiger partial charge in [-0.3, -0.25) is 9.59 Å². The van der Waals surface area contributed by atoms with Crippen LogP contribution in [0.15, 0.2) is 18.2 Å². The van der Waals surface area contributed by atoms with Gasteiger partial charge < -0.3 is 15.7 Å². The van der Waals surface area contributed by atoms with Gasteiger partial charge in [0.05, 0.1) is 5.56 Å². The molecule has 1 atom stereocenters. The summed E-state index contributed by atoms with van der Waals surface area (Å²) >= 11 is 0. The quantitative estimate of drug-likeness (QED) is 0.750. The molecule has 6 heteroatoms. The van der Waals surface area contributed by atoms with Crippen LogP contribution in [0.25, 0.3) is 0 Å². The maximum absolute atomic E-state index is 12.8. The van der Waals surface area contributed by atoms with Crippen LogP contribution in [-0.2, 0) is 4.79 Å². The first kappa shape index (κ1) is 14.9. The van der Waals surface area contributed by atoms with Crippen molar-refractivity contribution in [2.45, 2.75) is 26.3 Å². The van der Waals surface area contributed by atoms with Gasteiger partial charge in [-0.1, -0.05) is 6.92 Å². The number of hydrogen-bond acceptors (Lipinski definition) is 3. The molecule has 0 aromatic heterocycles. The van der Waals surface area contributed by atoms with E-state index in [2.05, 4.69) is 10.6 Å². The third-order valence-electron chi connectivity index (χ3n) is 2.49. The van der Waals surface area contributed by atoms with Crippen LogP contribution in [0.3, 0.4) is 0 Å². The number of phenolic OH excluding ortho intramolecular Hbond substituents is 1. The lowest BCUT2D eigenvalue weighted by Crippen LogP contribution is -2.45. The minimum atomic E-state index is -0.733. The maximum atomic E-state index is 12.8. The summed E-state index contributed by atoms with van der Waals surface area (Å²) in [5, 5.41) is 14.5. The Hall–Kier alpha value is -2.11. The molecule has 1 aromatic carbocycles. The van der Waals surface area contributed by atoms with Crippen molar-refractivity contribution in [3.05, 3.63) is 29.6 Å². The molecule has 3 N–H and O–H groups in total. The molecule has 0 aliphatic rings. The molecule has 1 unspecified atom stereocenters. The zero-order chi connectivity index (χ0) is 14.4. The summed E-state index contributed by atoms with van der Waals surface area (Å²) in [5.74, 6) is -2.03. The van der Waals surface area contributed by atoms with E-state index in [-0.39, 0.29) is 11.5 Å². The minimum Gasteiger partial charge on any atom is -0.507 e. The molecule has 0 saturated carbocycles. The molecule has 0 heterocycles. The number of amides is 2. The number of rotatable bonds is 5. The number of halogens is 1. The van der Waals surface area contributed by atoms with Crippen LogP contribution in [0.2, 0.25) is 0 Å². The standard InChI is InChI=1S/C13H17FN2O3/c1-3-6-15-12(18)8(2)16-13(19)10-5-4-9(14)7-11(10)17/h4-5,7-8,17H,3,6H2,1-2H3,(H,15,18)(H,16,19). The molecule has 0 aliphatic heterocycles. The van der Waals surface area contributed by atoms with E-state index < -0.39 is 23.5 Å². The normalized spacial score (nSPS) is 11.7. The van der Waals surface area contributed by atoms with Crippen molar-refractivity contribution in [3.8, 4) is 5.75 Å². The van der Waals surface area contributed by atoms with Gasteiger partial charge in [0.1, 0.15) is 17.6 Å². The number of benzene rings is 1. The van der Waals surface area contributed by atoms with Crippen molar-refractivity contribution in [3.63, 3.8) is 0 Å². The van der Waals surface area contributed by atoms with Gasteiger partial charge in [0.2, 0.25) is 5.91 Å². The third-order valence-corrected chi connectivity index (χ3v) is 2.49. The molecule has 1 rings (SSSR count). The highest BCUT2D eigenvalue weighted by molar-refractivity contribution is 5.99. The maximum Gasteiger partial charge on any atom is 0.255 e. The predicted octanol–water partition coefficient (Wildman–Crippen LogP) is 1.18. The van der Waals surface area contributed by atoms with Gasteiger partial charge in [0.25, 0.3) is 5.91 Å². The Labute approximate surface area is 110 Å². The molecule has 104 valence electrons. The highest BCUT2D eigenvalue weighted by Gasteiger charge is 2.18. The van der Waals surface area contributed by atoms with E-state index in [1.54, 1.807) is 0 Å². The van der Waals surface area contributed by atoms with Gasteiger partial charge in [-0.15, -0.1) is 0 Å². The number of carbonyl (C=O) groups is 2. The van der Waals surface area contributed by atoms with Crippen LogP contribution in [0.1, 0.15) is 30.6 Å². The van der Waals surface area contributed by atoms with E-state index in [1.807, 2.05) is 6.92 Å². The lowest BCUT2D eigenvalue weighted by Gasteiger charge is -2.14. The fourth-order valence-electron chi connectivity index (χ4n) is 1.44. The van der Waals surface area contributed by atoms with Gasteiger partial charge in [0.15, 0.2) is 0 Å². The largest absolute Gasteiger partial charge is 0.507 e. The zero-order valence-corrected chi connectivity index (χ0v) is 10.9. The van der Waals surface area contributed by atoms with Crippen molar-refractivity contribution >= 4 is 11.8 Å². The molecule has 1 aromatic rings. The molecule has 2 amide bonds. The SMILES string of the molecule is CCCNC(=O)C(C)NC(=O)c1ccc(F)cc1O. The lowest BCUT2D eigenvalue weighted by molar-refractivity contribution is -0.122. The van der Waals surface area contributed by atoms with Crippen molar-refractivity contribution in [2.75, 3.05) is 6.54 Å². The molecular weight excluding hydrogens is 251 g/mol. The molecule has 0 fully saturated rings. The van der Waals surface area contributed by atoms with Crippen molar-refractivity contribution in [2.24, 2.45) is 0 Å².